The lowest BCUT2D eigenvalue weighted by Gasteiger charge is -2.14. The number of fused-ring (bicyclic) bond motifs is 1. The van der Waals surface area contributed by atoms with Gasteiger partial charge in [0.15, 0.2) is 0 Å². The average Bonchev–Trinajstić information content (AvgIpc) is 3.61. The zero-order chi connectivity index (χ0) is 27.1. The number of halogens is 1. The molecule has 10 heteroatoms. The number of pyridine rings is 1. The summed E-state index contributed by atoms with van der Waals surface area (Å²) in [5.74, 6) is 1.23. The number of nitrogens with one attached hydrogen (secondary N) is 2. The molecule has 1 aliphatic heterocycles. The van der Waals surface area contributed by atoms with E-state index in [9.17, 15) is 9.18 Å². The van der Waals surface area contributed by atoms with Gasteiger partial charge in [0, 0.05) is 54.3 Å². The Kier molecular flexibility index (Phi) is 6.40. The van der Waals surface area contributed by atoms with Crippen LogP contribution in [0.25, 0.3) is 33.5 Å². The fraction of sp³-hybridized carbons (Fsp3) is 0.276. The summed E-state index contributed by atoms with van der Waals surface area (Å²) in [7, 11) is 0. The highest BCUT2D eigenvalue weighted by Gasteiger charge is 2.20. The molecule has 9 nitrogen and oxygen atoms in total. The van der Waals surface area contributed by atoms with Gasteiger partial charge in [-0.1, -0.05) is 23.4 Å². The molecule has 0 radical (unpaired) electrons. The number of aryl methyl sites for hydroxylation is 3. The van der Waals surface area contributed by atoms with Crippen molar-refractivity contribution in [1.29, 1.82) is 0 Å². The predicted molar refractivity (Wildman–Crippen MR) is 148 cm³/mol. The van der Waals surface area contributed by atoms with E-state index in [2.05, 4.69) is 30.7 Å². The summed E-state index contributed by atoms with van der Waals surface area (Å²) in [6.45, 7) is 7.71. The Labute approximate surface area is 224 Å². The van der Waals surface area contributed by atoms with Gasteiger partial charge in [0.05, 0.1) is 0 Å². The molecule has 1 aliphatic rings. The third-order valence-corrected chi connectivity index (χ3v) is 7.20. The van der Waals surface area contributed by atoms with Crippen LogP contribution in [0.15, 0.2) is 58.0 Å². The smallest absolute Gasteiger partial charge is 0.260 e. The molecule has 0 saturated carbocycles. The number of nitrogens with zero attached hydrogens (tertiary/aromatic N) is 5. The minimum atomic E-state index is -0.250. The van der Waals surface area contributed by atoms with Crippen molar-refractivity contribution in [2.75, 3.05) is 18.4 Å². The molecule has 4 heterocycles. The van der Waals surface area contributed by atoms with Crippen molar-refractivity contribution in [2.45, 2.75) is 39.7 Å². The normalized spacial score (nSPS) is 15.2. The lowest BCUT2D eigenvalue weighted by atomic mass is 9.97. The molecule has 0 amide bonds. The number of hydrogen-bond donors (Lipinski definition) is 2. The van der Waals surface area contributed by atoms with Crippen LogP contribution in [0.5, 0.6) is 0 Å². The summed E-state index contributed by atoms with van der Waals surface area (Å²) < 4.78 is 21.5. The van der Waals surface area contributed by atoms with E-state index in [4.69, 9.17) is 4.52 Å². The molecule has 0 bridgehead atoms. The van der Waals surface area contributed by atoms with E-state index >= 15 is 0 Å². The van der Waals surface area contributed by atoms with Gasteiger partial charge in [-0.2, -0.15) is 9.97 Å². The summed E-state index contributed by atoms with van der Waals surface area (Å²) in [5, 5.41) is 11.1. The van der Waals surface area contributed by atoms with E-state index < -0.39 is 0 Å². The summed E-state index contributed by atoms with van der Waals surface area (Å²) in [6, 6.07) is 12.7. The zero-order valence-electron chi connectivity index (χ0n) is 22.0. The van der Waals surface area contributed by atoms with E-state index in [1.165, 1.54) is 6.07 Å². The molecule has 0 aliphatic carbocycles. The first-order chi connectivity index (χ1) is 18.9. The maximum atomic E-state index is 14.8. The monoisotopic (exact) mass is 525 g/mol. The first-order valence-electron chi connectivity index (χ1n) is 13.0. The van der Waals surface area contributed by atoms with Crippen LogP contribution >= 0.6 is 0 Å². The molecule has 1 saturated heterocycles. The number of hydrogen-bond acceptors (Lipinski definition) is 8. The van der Waals surface area contributed by atoms with Crippen LogP contribution < -0.4 is 16.2 Å². The van der Waals surface area contributed by atoms with Gasteiger partial charge in [-0.3, -0.25) is 9.36 Å². The summed E-state index contributed by atoms with van der Waals surface area (Å²) in [6.07, 6.45) is 2.61. The van der Waals surface area contributed by atoms with Gasteiger partial charge in [0.1, 0.15) is 11.5 Å². The average molecular weight is 526 g/mol. The van der Waals surface area contributed by atoms with Gasteiger partial charge in [-0.25, -0.2) is 9.37 Å². The van der Waals surface area contributed by atoms with Gasteiger partial charge >= 0.3 is 0 Å². The molecule has 3 aromatic heterocycles. The van der Waals surface area contributed by atoms with Crippen molar-refractivity contribution in [1.82, 2.24) is 30.0 Å². The quantitative estimate of drug-likeness (QED) is 0.315. The lowest BCUT2D eigenvalue weighted by molar-refractivity contribution is 0.394. The van der Waals surface area contributed by atoms with Crippen molar-refractivity contribution < 1.29 is 8.91 Å². The molecule has 2 aromatic carbocycles. The maximum absolute atomic E-state index is 14.8. The van der Waals surface area contributed by atoms with E-state index in [-0.39, 0.29) is 17.3 Å². The highest BCUT2D eigenvalue weighted by atomic mass is 19.1. The number of aromatic nitrogens is 5. The topological polar surface area (TPSA) is 111 Å². The van der Waals surface area contributed by atoms with Crippen molar-refractivity contribution >= 4 is 22.7 Å². The molecule has 39 heavy (non-hydrogen) atoms. The molecule has 2 N–H and O–H groups in total. The minimum absolute atomic E-state index is 0.151. The Balaban J connectivity index is 1.33. The summed E-state index contributed by atoms with van der Waals surface area (Å²) in [4.78, 5) is 27.0. The Bertz CT molecular complexity index is 1760. The van der Waals surface area contributed by atoms with Gasteiger partial charge in [0.25, 0.3) is 5.56 Å². The van der Waals surface area contributed by atoms with Crippen molar-refractivity contribution in [2.24, 2.45) is 0 Å². The van der Waals surface area contributed by atoms with E-state index in [0.717, 1.165) is 41.6 Å². The third kappa shape index (κ3) is 4.67. The molecule has 1 fully saturated rings. The molecule has 0 spiro atoms. The van der Waals surface area contributed by atoms with E-state index in [0.29, 0.717) is 46.7 Å². The van der Waals surface area contributed by atoms with Crippen molar-refractivity contribution in [3.8, 4) is 22.5 Å². The van der Waals surface area contributed by atoms with E-state index in [1.807, 2.05) is 50.2 Å². The van der Waals surface area contributed by atoms with Gasteiger partial charge in [-0.15, -0.1) is 0 Å². The van der Waals surface area contributed by atoms with Gasteiger partial charge < -0.3 is 15.2 Å². The third-order valence-electron chi connectivity index (χ3n) is 7.20. The number of anilines is 2. The second-order valence-corrected chi connectivity index (χ2v) is 9.80. The first-order valence-corrected chi connectivity index (χ1v) is 13.0. The Hall–Kier alpha value is -4.44. The Morgan fingerprint density at radius 2 is 2.00 bits per heavy atom. The molecule has 1 unspecified atom stereocenters. The minimum Gasteiger partial charge on any atom is -0.339 e. The summed E-state index contributed by atoms with van der Waals surface area (Å²) >= 11 is 0. The summed E-state index contributed by atoms with van der Waals surface area (Å²) in [5.41, 5.74) is 4.71. The highest BCUT2D eigenvalue weighted by Crippen LogP contribution is 2.29. The Morgan fingerprint density at radius 1 is 1.13 bits per heavy atom. The van der Waals surface area contributed by atoms with Crippen molar-refractivity contribution in [3.05, 3.63) is 81.9 Å². The fourth-order valence-corrected chi connectivity index (χ4v) is 5.21. The predicted octanol–water partition coefficient (Wildman–Crippen LogP) is 5.10. The van der Waals surface area contributed by atoms with Crippen LogP contribution in [-0.4, -0.2) is 37.8 Å². The van der Waals surface area contributed by atoms with Crippen LogP contribution in [0.2, 0.25) is 0 Å². The van der Waals surface area contributed by atoms with Crippen LogP contribution in [0.1, 0.15) is 36.3 Å². The molecule has 5 aromatic rings. The highest BCUT2D eigenvalue weighted by molar-refractivity contribution is 5.83. The second-order valence-electron chi connectivity index (χ2n) is 9.80. The number of rotatable bonds is 6. The fourth-order valence-electron chi connectivity index (χ4n) is 5.21. The van der Waals surface area contributed by atoms with Crippen LogP contribution in [0.4, 0.5) is 16.0 Å². The molecular formula is C29H28FN7O2. The SMILES string of the molecule is CCn1c(=O)c(-c2ccc(-c3noc(C)n3)cc2C)cc2cnc(Nc3ccc(C4CCNC4)c(F)c3)nc21. The molecular weight excluding hydrogens is 497 g/mol. The van der Waals surface area contributed by atoms with Crippen molar-refractivity contribution in [3.63, 3.8) is 0 Å². The first kappa shape index (κ1) is 24.9. The lowest BCUT2D eigenvalue weighted by Crippen LogP contribution is -2.22. The number of benzene rings is 2. The van der Waals surface area contributed by atoms with Gasteiger partial charge in [0.2, 0.25) is 17.7 Å². The van der Waals surface area contributed by atoms with Crippen LogP contribution in [-0.2, 0) is 6.54 Å². The van der Waals surface area contributed by atoms with Crippen LogP contribution in [0.3, 0.4) is 0 Å². The largest absolute Gasteiger partial charge is 0.339 e. The molecule has 198 valence electrons. The maximum Gasteiger partial charge on any atom is 0.260 e. The van der Waals surface area contributed by atoms with E-state index in [1.54, 1.807) is 17.7 Å². The molecule has 1 atom stereocenters. The molecule has 6 rings (SSSR count). The second kappa shape index (κ2) is 10.0. The van der Waals surface area contributed by atoms with Crippen LogP contribution in [0, 0.1) is 19.7 Å². The Morgan fingerprint density at radius 3 is 2.69 bits per heavy atom. The standard InChI is InChI=1S/C29H28FN7O2/c1-4-37-27-20(12-24(28(37)38)22-7-5-18(11-16(22)2)26-33-17(3)39-36-26)15-32-29(35-27)34-21-6-8-23(25(30)13-21)19-9-10-31-14-19/h5-8,11-13,15,19,31H,4,9-10,14H2,1-3H3,(H,32,34,35). The van der Waals surface area contributed by atoms with Gasteiger partial charge in [-0.05, 0) is 67.8 Å². The zero-order valence-corrected chi connectivity index (χ0v) is 22.0.